The van der Waals surface area contributed by atoms with Crippen LogP contribution >= 0.6 is 0 Å². The molecule has 0 N–H and O–H groups in total. The monoisotopic (exact) mass is 258 g/mol. The predicted octanol–water partition coefficient (Wildman–Crippen LogP) is 3.95. The van der Waals surface area contributed by atoms with Crippen molar-refractivity contribution in [3.05, 3.63) is 34.4 Å². The molecular formula is C17H26N2. The summed E-state index contributed by atoms with van der Waals surface area (Å²) in [6, 6.07) is 6.81. The van der Waals surface area contributed by atoms with Gasteiger partial charge in [0.2, 0.25) is 0 Å². The molecule has 1 rings (SSSR count). The van der Waals surface area contributed by atoms with Gasteiger partial charge in [0, 0.05) is 19.5 Å². The fourth-order valence-corrected chi connectivity index (χ4v) is 2.27. The number of hydrogen-bond acceptors (Lipinski definition) is 2. The SMILES string of the molecule is Cc1cc(C(C)(C)C)cc(C)c1CN(C)CCC#N. The molecule has 0 aliphatic rings. The number of nitriles is 1. The molecule has 1 aromatic rings. The van der Waals surface area contributed by atoms with E-state index in [9.17, 15) is 0 Å². The molecule has 1 aromatic carbocycles. The lowest BCUT2D eigenvalue weighted by molar-refractivity contribution is 0.333. The number of aryl methyl sites for hydroxylation is 2. The van der Waals surface area contributed by atoms with Crippen molar-refractivity contribution in [2.75, 3.05) is 13.6 Å². The maximum Gasteiger partial charge on any atom is 0.0635 e. The number of nitrogens with zero attached hydrogens (tertiary/aromatic N) is 2. The molecule has 19 heavy (non-hydrogen) atoms. The second kappa shape index (κ2) is 6.21. The van der Waals surface area contributed by atoms with Crippen molar-refractivity contribution >= 4 is 0 Å². The Labute approximate surface area is 118 Å². The molecule has 0 spiro atoms. The van der Waals surface area contributed by atoms with E-state index in [2.05, 4.69) is 64.8 Å². The quantitative estimate of drug-likeness (QED) is 0.817. The second-order valence-electron chi connectivity index (χ2n) is 6.48. The van der Waals surface area contributed by atoms with Crippen molar-refractivity contribution in [2.45, 2.75) is 53.0 Å². The van der Waals surface area contributed by atoms with Gasteiger partial charge in [-0.3, -0.25) is 0 Å². The van der Waals surface area contributed by atoms with E-state index >= 15 is 0 Å². The fraction of sp³-hybridized carbons (Fsp3) is 0.588. The Morgan fingerprint density at radius 1 is 1.16 bits per heavy atom. The largest absolute Gasteiger partial charge is 0.301 e. The van der Waals surface area contributed by atoms with Crippen LogP contribution in [0.15, 0.2) is 12.1 Å². The Kier molecular flexibility index (Phi) is 5.14. The van der Waals surface area contributed by atoms with E-state index in [-0.39, 0.29) is 5.41 Å². The molecule has 0 radical (unpaired) electrons. The minimum absolute atomic E-state index is 0.195. The number of hydrogen-bond donors (Lipinski definition) is 0. The average molecular weight is 258 g/mol. The molecule has 0 aromatic heterocycles. The summed E-state index contributed by atoms with van der Waals surface area (Å²) >= 11 is 0. The van der Waals surface area contributed by atoms with Gasteiger partial charge in [-0.2, -0.15) is 5.26 Å². The van der Waals surface area contributed by atoms with Gasteiger partial charge in [0.1, 0.15) is 0 Å². The second-order valence-corrected chi connectivity index (χ2v) is 6.48. The molecule has 0 bridgehead atoms. The van der Waals surface area contributed by atoms with E-state index < -0.39 is 0 Å². The summed E-state index contributed by atoms with van der Waals surface area (Å²) in [6.07, 6.45) is 0.592. The van der Waals surface area contributed by atoms with E-state index in [0.29, 0.717) is 6.42 Å². The number of rotatable bonds is 4. The summed E-state index contributed by atoms with van der Waals surface area (Å²) in [5, 5.41) is 8.64. The average Bonchev–Trinajstić information content (AvgIpc) is 2.29. The van der Waals surface area contributed by atoms with Crippen molar-refractivity contribution in [2.24, 2.45) is 0 Å². The lowest BCUT2D eigenvalue weighted by atomic mass is 9.84. The Morgan fingerprint density at radius 3 is 2.11 bits per heavy atom. The van der Waals surface area contributed by atoms with E-state index in [0.717, 1.165) is 13.1 Å². The molecule has 0 saturated carbocycles. The van der Waals surface area contributed by atoms with Crippen LogP contribution in [0.1, 0.15) is 49.4 Å². The zero-order valence-corrected chi connectivity index (χ0v) is 13.2. The van der Waals surface area contributed by atoms with E-state index in [1.54, 1.807) is 0 Å². The van der Waals surface area contributed by atoms with Crippen molar-refractivity contribution in [1.82, 2.24) is 4.90 Å². The van der Waals surface area contributed by atoms with Gasteiger partial charge in [0.15, 0.2) is 0 Å². The van der Waals surface area contributed by atoms with Crippen LogP contribution in [0, 0.1) is 25.2 Å². The molecule has 104 valence electrons. The van der Waals surface area contributed by atoms with Crippen molar-refractivity contribution in [3.8, 4) is 6.07 Å². The zero-order valence-electron chi connectivity index (χ0n) is 13.2. The summed E-state index contributed by atoms with van der Waals surface area (Å²) in [7, 11) is 2.08. The highest BCUT2D eigenvalue weighted by molar-refractivity contribution is 5.40. The van der Waals surface area contributed by atoms with Crippen LogP contribution in [0.25, 0.3) is 0 Å². The van der Waals surface area contributed by atoms with Crippen molar-refractivity contribution in [1.29, 1.82) is 5.26 Å². The van der Waals surface area contributed by atoms with Crippen molar-refractivity contribution in [3.63, 3.8) is 0 Å². The zero-order chi connectivity index (χ0) is 14.6. The van der Waals surface area contributed by atoms with E-state index in [1.807, 2.05) is 0 Å². The molecule has 0 amide bonds. The van der Waals surface area contributed by atoms with Crippen LogP contribution in [0.3, 0.4) is 0 Å². The highest BCUT2D eigenvalue weighted by Gasteiger charge is 2.16. The molecule has 0 saturated heterocycles. The summed E-state index contributed by atoms with van der Waals surface area (Å²) in [5.74, 6) is 0. The summed E-state index contributed by atoms with van der Waals surface area (Å²) in [5.41, 5.74) is 5.70. The first kappa shape index (κ1) is 15.7. The van der Waals surface area contributed by atoms with E-state index in [4.69, 9.17) is 5.26 Å². The molecule has 0 atom stereocenters. The first-order valence-electron chi connectivity index (χ1n) is 6.92. The van der Waals surface area contributed by atoms with Gasteiger partial charge in [0.25, 0.3) is 0 Å². The Hall–Kier alpha value is -1.33. The summed E-state index contributed by atoms with van der Waals surface area (Å²) < 4.78 is 0. The van der Waals surface area contributed by atoms with Crippen LogP contribution in [0.4, 0.5) is 0 Å². The molecule has 0 heterocycles. The lowest BCUT2D eigenvalue weighted by Crippen LogP contribution is -2.21. The highest BCUT2D eigenvalue weighted by atomic mass is 15.1. The van der Waals surface area contributed by atoms with Gasteiger partial charge < -0.3 is 4.90 Å². The molecule has 2 heteroatoms. The smallest absolute Gasteiger partial charge is 0.0635 e. The highest BCUT2D eigenvalue weighted by Crippen LogP contribution is 2.27. The van der Waals surface area contributed by atoms with Gasteiger partial charge in [-0.15, -0.1) is 0 Å². The fourth-order valence-electron chi connectivity index (χ4n) is 2.27. The van der Waals surface area contributed by atoms with Gasteiger partial charge in [-0.05, 0) is 48.6 Å². The molecular weight excluding hydrogens is 232 g/mol. The third-order valence-electron chi connectivity index (χ3n) is 3.60. The predicted molar refractivity (Wildman–Crippen MR) is 81.2 cm³/mol. The van der Waals surface area contributed by atoms with Crippen molar-refractivity contribution < 1.29 is 0 Å². The van der Waals surface area contributed by atoms with Crippen LogP contribution in [-0.4, -0.2) is 18.5 Å². The Balaban J connectivity index is 2.95. The summed E-state index contributed by atoms with van der Waals surface area (Å²) in [4.78, 5) is 2.22. The van der Waals surface area contributed by atoms with Gasteiger partial charge in [-0.25, -0.2) is 0 Å². The molecule has 0 unspecified atom stereocenters. The Bertz CT molecular complexity index is 452. The number of benzene rings is 1. The third kappa shape index (κ3) is 4.36. The van der Waals surface area contributed by atoms with Gasteiger partial charge in [0.05, 0.1) is 6.07 Å². The maximum absolute atomic E-state index is 8.64. The molecule has 0 fully saturated rings. The van der Waals surface area contributed by atoms with Crippen LogP contribution < -0.4 is 0 Å². The van der Waals surface area contributed by atoms with Crippen LogP contribution in [-0.2, 0) is 12.0 Å². The third-order valence-corrected chi connectivity index (χ3v) is 3.60. The van der Waals surface area contributed by atoms with Crippen LogP contribution in [0.5, 0.6) is 0 Å². The molecule has 0 aliphatic carbocycles. The minimum atomic E-state index is 0.195. The topological polar surface area (TPSA) is 27.0 Å². The summed E-state index contributed by atoms with van der Waals surface area (Å²) in [6.45, 7) is 12.9. The molecule has 0 aliphatic heterocycles. The first-order chi connectivity index (χ1) is 8.75. The molecule has 2 nitrogen and oxygen atoms in total. The van der Waals surface area contributed by atoms with E-state index in [1.165, 1.54) is 22.3 Å². The van der Waals surface area contributed by atoms with Crippen LogP contribution in [0.2, 0.25) is 0 Å². The lowest BCUT2D eigenvalue weighted by Gasteiger charge is -2.24. The minimum Gasteiger partial charge on any atom is -0.301 e. The van der Waals surface area contributed by atoms with Gasteiger partial charge >= 0.3 is 0 Å². The first-order valence-corrected chi connectivity index (χ1v) is 6.92. The Morgan fingerprint density at radius 2 is 1.68 bits per heavy atom. The maximum atomic E-state index is 8.64. The van der Waals surface area contributed by atoms with Gasteiger partial charge in [-0.1, -0.05) is 32.9 Å². The standard InChI is InChI=1S/C17H26N2/c1-13-10-15(17(3,4)5)11-14(2)16(13)12-19(6)9-7-8-18/h10-11H,7,9,12H2,1-6H3. The normalized spacial score (nSPS) is 11.7.